The first-order chi connectivity index (χ1) is 29.0. The van der Waals surface area contributed by atoms with E-state index in [-0.39, 0.29) is 37.4 Å². The van der Waals surface area contributed by atoms with Crippen LogP contribution in [0.2, 0.25) is 0 Å². The zero-order valence-corrected chi connectivity index (χ0v) is 37.0. The van der Waals surface area contributed by atoms with E-state index in [1.807, 2.05) is 31.9 Å². The molecule has 6 heterocycles. The molecule has 6 aliphatic rings. The SMILES string of the molecule is CCCCCCCCCCCCCCCC(=O)O[C@H]1CS[C@@H]2c3c(OC(C)=O)c(C)c4c(c3[C@@H](COC1=O)N1C2[C@H]2c3c(cc(C)c(OC)c3O)C[C@@H]([C@@H]1O)N2C)OCO4. The highest BCUT2D eigenvalue weighted by atomic mass is 32.2. The van der Waals surface area contributed by atoms with E-state index in [1.165, 1.54) is 83.6 Å². The summed E-state index contributed by atoms with van der Waals surface area (Å²) in [5.74, 6) is -0.0223. The summed E-state index contributed by atoms with van der Waals surface area (Å²) in [5.41, 5.74) is 4.22. The molecule has 0 spiro atoms. The number of aliphatic hydroxyl groups is 1. The summed E-state index contributed by atoms with van der Waals surface area (Å²) < 4.78 is 35.9. The van der Waals surface area contributed by atoms with Crippen LogP contribution in [-0.4, -0.2) is 95.6 Å². The van der Waals surface area contributed by atoms with Gasteiger partial charge in [-0.2, -0.15) is 0 Å². The maximum atomic E-state index is 13.9. The van der Waals surface area contributed by atoms with Crippen LogP contribution in [0.3, 0.4) is 0 Å². The number of carbonyl (C=O) groups is 3. The lowest BCUT2D eigenvalue weighted by Gasteiger charge is -2.62. The first-order valence-corrected chi connectivity index (χ1v) is 23.2. The second-order valence-electron chi connectivity index (χ2n) is 17.2. The summed E-state index contributed by atoms with van der Waals surface area (Å²) in [7, 11) is 3.48. The number of thioether (sulfide) groups is 1. The van der Waals surface area contributed by atoms with Gasteiger partial charge in [0.05, 0.1) is 30.5 Å². The monoisotopic (exact) mass is 852 g/mol. The molecule has 0 amide bonds. The van der Waals surface area contributed by atoms with Gasteiger partial charge in [-0.1, -0.05) is 90.0 Å². The predicted octanol–water partition coefficient (Wildman–Crippen LogP) is 8.05. The van der Waals surface area contributed by atoms with Crippen LogP contribution in [-0.2, 0) is 30.3 Å². The van der Waals surface area contributed by atoms with Crippen LogP contribution < -0.4 is 18.9 Å². The van der Waals surface area contributed by atoms with Crippen molar-refractivity contribution in [2.45, 2.75) is 166 Å². The van der Waals surface area contributed by atoms with E-state index in [2.05, 4.69) is 11.8 Å². The van der Waals surface area contributed by atoms with E-state index in [4.69, 9.17) is 28.4 Å². The molecule has 0 aliphatic carbocycles. The number of aromatic hydroxyl groups is 1. The van der Waals surface area contributed by atoms with Gasteiger partial charge in [0.25, 0.3) is 0 Å². The molecule has 2 saturated heterocycles. The number of phenols is 1. The lowest BCUT2D eigenvalue weighted by Crippen LogP contribution is -2.69. The van der Waals surface area contributed by atoms with Crippen molar-refractivity contribution in [2.24, 2.45) is 0 Å². The van der Waals surface area contributed by atoms with E-state index in [1.54, 1.807) is 0 Å². The normalized spacial score (nSPS) is 25.5. The number of piperazine rings is 1. The van der Waals surface area contributed by atoms with E-state index >= 15 is 0 Å². The van der Waals surface area contributed by atoms with E-state index in [0.29, 0.717) is 58.1 Å². The fourth-order valence-electron chi connectivity index (χ4n) is 10.3. The number of methoxy groups -OCH3 is 1. The molecule has 330 valence electrons. The van der Waals surface area contributed by atoms with Gasteiger partial charge in [0, 0.05) is 47.4 Å². The summed E-state index contributed by atoms with van der Waals surface area (Å²) in [5, 5.41) is 23.8. The minimum Gasteiger partial charge on any atom is -0.504 e. The second kappa shape index (κ2) is 19.5. The van der Waals surface area contributed by atoms with Gasteiger partial charge in [0.1, 0.15) is 18.6 Å². The number of aryl methyl sites for hydroxylation is 1. The molecular formula is C46H64N2O11S. The molecule has 6 aliphatic heterocycles. The Hall–Kier alpha value is -3.72. The number of fused-ring (bicyclic) bond motifs is 10. The van der Waals surface area contributed by atoms with Crippen LogP contribution in [0.5, 0.6) is 28.7 Å². The molecule has 60 heavy (non-hydrogen) atoms. The maximum absolute atomic E-state index is 13.9. The lowest BCUT2D eigenvalue weighted by atomic mass is 9.73. The van der Waals surface area contributed by atoms with Crippen molar-refractivity contribution < 1.29 is 53.0 Å². The summed E-state index contributed by atoms with van der Waals surface area (Å²) in [4.78, 5) is 44.1. The average Bonchev–Trinajstić information content (AvgIpc) is 3.71. The second-order valence-corrected chi connectivity index (χ2v) is 18.4. The smallest absolute Gasteiger partial charge is 0.348 e. The number of esters is 3. The number of hydrogen-bond acceptors (Lipinski definition) is 14. The molecule has 0 aromatic heterocycles. The number of likely N-dealkylation sites (N-methyl/N-ethyl adjacent to an activating group) is 1. The molecule has 2 aromatic rings. The van der Waals surface area contributed by atoms with Gasteiger partial charge in [-0.05, 0) is 44.9 Å². The zero-order chi connectivity index (χ0) is 42.7. The number of unbranched alkanes of at least 4 members (excludes halogenated alkanes) is 12. The molecule has 14 heteroatoms. The molecule has 4 bridgehead atoms. The van der Waals surface area contributed by atoms with Crippen LogP contribution in [0.25, 0.3) is 0 Å². The van der Waals surface area contributed by atoms with Crippen molar-refractivity contribution in [3.63, 3.8) is 0 Å². The molecule has 2 N–H and O–H groups in total. The van der Waals surface area contributed by atoms with Crippen molar-refractivity contribution in [2.75, 3.05) is 33.3 Å². The highest BCUT2D eigenvalue weighted by molar-refractivity contribution is 7.99. The molecule has 2 aromatic carbocycles. The maximum Gasteiger partial charge on any atom is 0.348 e. The number of aliphatic hydroxyl groups excluding tert-OH is 1. The van der Waals surface area contributed by atoms with Crippen LogP contribution in [0, 0.1) is 13.8 Å². The van der Waals surface area contributed by atoms with Crippen molar-refractivity contribution >= 4 is 29.7 Å². The zero-order valence-electron chi connectivity index (χ0n) is 36.2. The molecule has 0 radical (unpaired) electrons. The Bertz CT molecular complexity index is 1910. The van der Waals surface area contributed by atoms with Gasteiger partial charge in [0.2, 0.25) is 12.9 Å². The predicted molar refractivity (Wildman–Crippen MR) is 227 cm³/mol. The minimum absolute atomic E-state index is 0.0291. The Labute approximate surface area is 358 Å². The van der Waals surface area contributed by atoms with Crippen molar-refractivity contribution in [3.05, 3.63) is 39.4 Å². The number of ether oxygens (including phenoxy) is 6. The van der Waals surface area contributed by atoms with Crippen molar-refractivity contribution in [1.82, 2.24) is 9.80 Å². The Morgan fingerprint density at radius 3 is 2.20 bits per heavy atom. The third-order valence-corrected chi connectivity index (χ3v) is 14.6. The molecule has 7 atom stereocenters. The van der Waals surface area contributed by atoms with Gasteiger partial charge in [-0.25, -0.2) is 4.79 Å². The third-order valence-electron chi connectivity index (χ3n) is 13.2. The molecule has 8 rings (SSSR count). The number of phenolic OH excluding ortho intramolecular Hbond substituents is 1. The Kier molecular flexibility index (Phi) is 14.4. The third kappa shape index (κ3) is 8.67. The van der Waals surface area contributed by atoms with Crippen LogP contribution >= 0.6 is 11.8 Å². The Balaban J connectivity index is 1.14. The van der Waals surface area contributed by atoms with E-state index < -0.39 is 53.6 Å². The number of rotatable bonds is 17. The van der Waals surface area contributed by atoms with Crippen LogP contribution in [0.1, 0.15) is 154 Å². The highest BCUT2D eigenvalue weighted by Gasteiger charge is 2.60. The largest absolute Gasteiger partial charge is 0.504 e. The van der Waals surface area contributed by atoms with Gasteiger partial charge in [0.15, 0.2) is 23.0 Å². The van der Waals surface area contributed by atoms with Gasteiger partial charge in [-0.3, -0.25) is 19.4 Å². The number of benzene rings is 2. The van der Waals surface area contributed by atoms with Gasteiger partial charge in [-0.15, -0.1) is 11.8 Å². The van der Waals surface area contributed by atoms with Crippen molar-refractivity contribution in [3.8, 4) is 28.7 Å². The summed E-state index contributed by atoms with van der Waals surface area (Å²) >= 11 is 1.37. The molecule has 0 saturated carbocycles. The number of carbonyl (C=O) groups excluding carboxylic acids is 3. The standard InChI is InChI=1S/C46H64N2O11S/c1-7-8-9-10-11-12-13-14-15-16-17-18-19-20-33(50)59-32-24-60-44-36-35(43-42(56-25-57-43)27(3)41(36)58-28(4)49)31(23-55-46(32)53)48-38(44)37-34-29(22-30(45(48)52)47(37)5)21-26(2)40(54-6)39(34)51/h21,30-32,37-38,44-45,51-52H,7-20,22-25H2,1-6H3/t30-,31+,32-,37+,38?,44+,45-/m0/s1. The number of nitrogens with zero attached hydrogens (tertiary/aromatic N) is 2. The quantitative estimate of drug-likeness (QED) is 0.0896. The highest BCUT2D eigenvalue weighted by Crippen LogP contribution is 2.64. The number of hydrogen-bond donors (Lipinski definition) is 2. The Morgan fingerprint density at radius 2 is 1.55 bits per heavy atom. The van der Waals surface area contributed by atoms with E-state index in [0.717, 1.165) is 30.4 Å². The molecule has 1 unspecified atom stereocenters. The Morgan fingerprint density at radius 1 is 0.900 bits per heavy atom. The van der Waals surface area contributed by atoms with E-state index in [9.17, 15) is 24.6 Å². The van der Waals surface area contributed by atoms with Gasteiger partial charge >= 0.3 is 17.9 Å². The van der Waals surface area contributed by atoms with Gasteiger partial charge < -0.3 is 38.6 Å². The first kappa shape index (κ1) is 44.3. The first-order valence-electron chi connectivity index (χ1n) is 22.2. The molecule has 2 fully saturated rings. The topological polar surface area (TPSA) is 154 Å². The summed E-state index contributed by atoms with van der Waals surface area (Å²) in [6.07, 6.45) is 13.9. The van der Waals surface area contributed by atoms with Crippen LogP contribution in [0.4, 0.5) is 0 Å². The summed E-state index contributed by atoms with van der Waals surface area (Å²) in [6, 6.07) is -0.228. The fourth-order valence-corrected chi connectivity index (χ4v) is 11.8. The minimum atomic E-state index is -1.19. The summed E-state index contributed by atoms with van der Waals surface area (Å²) in [6.45, 7) is 7.01. The van der Waals surface area contributed by atoms with Crippen LogP contribution in [0.15, 0.2) is 6.07 Å². The lowest BCUT2D eigenvalue weighted by molar-refractivity contribution is -0.188. The van der Waals surface area contributed by atoms with Crippen molar-refractivity contribution in [1.29, 1.82) is 0 Å². The fraction of sp³-hybridized carbons (Fsp3) is 0.674. The molecular weight excluding hydrogens is 789 g/mol. The molecule has 13 nitrogen and oxygen atoms in total. The average molecular weight is 853 g/mol.